The molecule has 1 rings (SSSR count). The third-order valence-corrected chi connectivity index (χ3v) is 4.01. The largest absolute Gasteiger partial charge is 0.378 e. The van der Waals surface area contributed by atoms with Crippen molar-refractivity contribution in [3.05, 3.63) is 0 Å². The number of ether oxygens (including phenoxy) is 1. The van der Waals surface area contributed by atoms with E-state index in [1.54, 1.807) is 0 Å². The molecule has 4 heteroatoms. The standard InChI is InChI=1S/C15H30N2O2/c1-5-11(4)14(16)15(18)17-12-6-7-19-13(9-12)8-10(2)3/h10-14H,5-9,16H2,1-4H3,(H,17,18). The normalized spacial score (nSPS) is 27.1. The summed E-state index contributed by atoms with van der Waals surface area (Å²) in [5.41, 5.74) is 5.96. The number of amides is 1. The molecule has 0 aliphatic carbocycles. The molecule has 1 fully saturated rings. The monoisotopic (exact) mass is 270 g/mol. The summed E-state index contributed by atoms with van der Waals surface area (Å²) < 4.78 is 5.75. The lowest BCUT2D eigenvalue weighted by Gasteiger charge is -2.32. The van der Waals surface area contributed by atoms with Gasteiger partial charge in [-0.05, 0) is 31.1 Å². The number of carbonyl (C=O) groups excluding carboxylic acids is 1. The molecule has 19 heavy (non-hydrogen) atoms. The van der Waals surface area contributed by atoms with Gasteiger partial charge < -0.3 is 15.8 Å². The molecule has 1 aliphatic rings. The van der Waals surface area contributed by atoms with Gasteiger partial charge in [-0.3, -0.25) is 4.79 Å². The Morgan fingerprint density at radius 3 is 2.68 bits per heavy atom. The van der Waals surface area contributed by atoms with Gasteiger partial charge in [0.1, 0.15) is 0 Å². The summed E-state index contributed by atoms with van der Waals surface area (Å²) in [4.78, 5) is 12.1. The predicted molar refractivity (Wildman–Crippen MR) is 77.8 cm³/mol. The van der Waals surface area contributed by atoms with Gasteiger partial charge in [0.05, 0.1) is 12.1 Å². The van der Waals surface area contributed by atoms with E-state index in [4.69, 9.17) is 10.5 Å². The zero-order valence-corrected chi connectivity index (χ0v) is 12.8. The number of hydrogen-bond acceptors (Lipinski definition) is 3. The van der Waals surface area contributed by atoms with Crippen LogP contribution in [0, 0.1) is 11.8 Å². The maximum Gasteiger partial charge on any atom is 0.237 e. The number of nitrogens with one attached hydrogen (secondary N) is 1. The van der Waals surface area contributed by atoms with Crippen molar-refractivity contribution in [3.8, 4) is 0 Å². The summed E-state index contributed by atoms with van der Waals surface area (Å²) in [6.45, 7) is 9.22. The van der Waals surface area contributed by atoms with E-state index in [0.29, 0.717) is 5.92 Å². The van der Waals surface area contributed by atoms with E-state index in [9.17, 15) is 4.79 Å². The van der Waals surface area contributed by atoms with Gasteiger partial charge in [0.25, 0.3) is 0 Å². The van der Waals surface area contributed by atoms with Crippen LogP contribution in [0.5, 0.6) is 0 Å². The Balaban J connectivity index is 2.41. The molecule has 0 aromatic carbocycles. The average Bonchev–Trinajstić information content (AvgIpc) is 2.36. The highest BCUT2D eigenvalue weighted by atomic mass is 16.5. The number of carbonyl (C=O) groups is 1. The second kappa shape index (κ2) is 7.85. The summed E-state index contributed by atoms with van der Waals surface area (Å²) in [6, 6.07) is -0.170. The Kier molecular flexibility index (Phi) is 6.80. The van der Waals surface area contributed by atoms with E-state index >= 15 is 0 Å². The van der Waals surface area contributed by atoms with Crippen molar-refractivity contribution in [3.63, 3.8) is 0 Å². The molecule has 0 aromatic rings. The molecular weight excluding hydrogens is 240 g/mol. The van der Waals surface area contributed by atoms with Crippen molar-refractivity contribution in [2.75, 3.05) is 6.61 Å². The van der Waals surface area contributed by atoms with Crippen LogP contribution in [0.15, 0.2) is 0 Å². The van der Waals surface area contributed by atoms with Crippen LogP contribution < -0.4 is 11.1 Å². The van der Waals surface area contributed by atoms with Gasteiger partial charge in [-0.2, -0.15) is 0 Å². The van der Waals surface area contributed by atoms with E-state index in [1.165, 1.54) is 0 Å². The van der Waals surface area contributed by atoms with Crippen molar-refractivity contribution >= 4 is 5.91 Å². The maximum atomic E-state index is 12.1. The van der Waals surface area contributed by atoms with E-state index in [1.807, 2.05) is 6.92 Å². The molecule has 3 N–H and O–H groups in total. The van der Waals surface area contributed by atoms with Crippen molar-refractivity contribution in [2.45, 2.75) is 71.6 Å². The van der Waals surface area contributed by atoms with Crippen LogP contribution in [0.3, 0.4) is 0 Å². The van der Waals surface area contributed by atoms with Gasteiger partial charge in [-0.1, -0.05) is 34.1 Å². The smallest absolute Gasteiger partial charge is 0.237 e. The minimum Gasteiger partial charge on any atom is -0.378 e. The lowest BCUT2D eigenvalue weighted by molar-refractivity contribution is -0.125. The molecule has 1 amide bonds. The van der Waals surface area contributed by atoms with Crippen LogP contribution in [0.25, 0.3) is 0 Å². The first-order valence-electron chi connectivity index (χ1n) is 7.61. The summed E-state index contributed by atoms with van der Waals surface area (Å²) in [5.74, 6) is 0.845. The molecule has 4 nitrogen and oxygen atoms in total. The Bertz CT molecular complexity index is 281. The van der Waals surface area contributed by atoms with E-state index in [0.717, 1.165) is 32.3 Å². The topological polar surface area (TPSA) is 64.4 Å². The Morgan fingerprint density at radius 1 is 1.42 bits per heavy atom. The van der Waals surface area contributed by atoms with Gasteiger partial charge in [0, 0.05) is 12.6 Å². The lowest BCUT2D eigenvalue weighted by atomic mass is 9.95. The highest BCUT2D eigenvalue weighted by Gasteiger charge is 2.27. The van der Waals surface area contributed by atoms with Crippen molar-refractivity contribution in [1.29, 1.82) is 0 Å². The Hall–Kier alpha value is -0.610. The highest BCUT2D eigenvalue weighted by Crippen LogP contribution is 2.20. The molecule has 1 aliphatic heterocycles. The van der Waals surface area contributed by atoms with Crippen LogP contribution in [0.4, 0.5) is 0 Å². The molecule has 1 saturated heterocycles. The summed E-state index contributed by atoms with van der Waals surface area (Å²) >= 11 is 0. The molecule has 4 unspecified atom stereocenters. The first kappa shape index (κ1) is 16.4. The van der Waals surface area contributed by atoms with Crippen LogP contribution >= 0.6 is 0 Å². The van der Waals surface area contributed by atoms with Crippen LogP contribution in [-0.4, -0.2) is 30.7 Å². The minimum atomic E-state index is -0.392. The van der Waals surface area contributed by atoms with Crippen molar-refractivity contribution in [1.82, 2.24) is 5.32 Å². The van der Waals surface area contributed by atoms with Crippen LogP contribution in [0.2, 0.25) is 0 Å². The third-order valence-electron chi connectivity index (χ3n) is 4.01. The predicted octanol–water partition coefficient (Wildman–Crippen LogP) is 2.07. The van der Waals surface area contributed by atoms with E-state index < -0.39 is 6.04 Å². The van der Waals surface area contributed by atoms with Gasteiger partial charge in [0.15, 0.2) is 0 Å². The average molecular weight is 270 g/mol. The molecule has 0 bridgehead atoms. The molecule has 112 valence electrons. The number of rotatable bonds is 6. The zero-order valence-electron chi connectivity index (χ0n) is 12.8. The first-order valence-corrected chi connectivity index (χ1v) is 7.61. The molecule has 4 atom stereocenters. The highest BCUT2D eigenvalue weighted by molar-refractivity contribution is 5.82. The molecule has 0 saturated carbocycles. The summed E-state index contributed by atoms with van der Waals surface area (Å²) in [6.07, 6.45) is 4.08. The fourth-order valence-corrected chi connectivity index (χ4v) is 2.51. The molecule has 0 aromatic heterocycles. The number of hydrogen-bond donors (Lipinski definition) is 2. The van der Waals surface area contributed by atoms with Gasteiger partial charge >= 0.3 is 0 Å². The van der Waals surface area contributed by atoms with E-state index in [-0.39, 0.29) is 24.0 Å². The third kappa shape index (κ3) is 5.49. The van der Waals surface area contributed by atoms with Crippen LogP contribution in [-0.2, 0) is 9.53 Å². The molecule has 0 radical (unpaired) electrons. The minimum absolute atomic E-state index is 0.00968. The maximum absolute atomic E-state index is 12.1. The fourth-order valence-electron chi connectivity index (χ4n) is 2.51. The van der Waals surface area contributed by atoms with Crippen molar-refractivity contribution < 1.29 is 9.53 Å². The SMILES string of the molecule is CCC(C)C(N)C(=O)NC1CCOC(CC(C)C)C1. The zero-order chi connectivity index (χ0) is 14.4. The second-order valence-electron chi connectivity index (χ2n) is 6.26. The van der Waals surface area contributed by atoms with E-state index in [2.05, 4.69) is 26.1 Å². The lowest BCUT2D eigenvalue weighted by Crippen LogP contribution is -2.50. The Labute approximate surface area is 117 Å². The number of nitrogens with two attached hydrogens (primary N) is 1. The van der Waals surface area contributed by atoms with Gasteiger partial charge in [-0.15, -0.1) is 0 Å². The van der Waals surface area contributed by atoms with Crippen LogP contribution in [0.1, 0.15) is 53.4 Å². The Morgan fingerprint density at radius 2 is 2.11 bits per heavy atom. The van der Waals surface area contributed by atoms with Crippen molar-refractivity contribution in [2.24, 2.45) is 17.6 Å². The van der Waals surface area contributed by atoms with Gasteiger partial charge in [-0.25, -0.2) is 0 Å². The fraction of sp³-hybridized carbons (Fsp3) is 0.933. The molecule has 1 heterocycles. The quantitative estimate of drug-likeness (QED) is 0.776. The molecule has 0 spiro atoms. The first-order chi connectivity index (χ1) is 8.93. The molecular formula is C15H30N2O2. The van der Waals surface area contributed by atoms with Gasteiger partial charge in [0.2, 0.25) is 5.91 Å². The summed E-state index contributed by atoms with van der Waals surface area (Å²) in [5, 5.41) is 3.09. The summed E-state index contributed by atoms with van der Waals surface area (Å²) in [7, 11) is 0. The second-order valence-corrected chi connectivity index (χ2v) is 6.26.